The fraction of sp³-hybridized carbons (Fsp3) is 0.333. The predicted octanol–water partition coefficient (Wildman–Crippen LogP) is 1.71. The summed E-state index contributed by atoms with van der Waals surface area (Å²) in [6.07, 6.45) is 0.0681. The van der Waals surface area contributed by atoms with E-state index >= 15 is 0 Å². The van der Waals surface area contributed by atoms with Gasteiger partial charge < -0.3 is 14.8 Å². The summed E-state index contributed by atoms with van der Waals surface area (Å²) >= 11 is 0. The van der Waals surface area contributed by atoms with Crippen LogP contribution in [0.2, 0.25) is 0 Å². The van der Waals surface area contributed by atoms with Crippen LogP contribution < -0.4 is 5.32 Å². The van der Waals surface area contributed by atoms with Crippen molar-refractivity contribution in [3.05, 3.63) is 42.1 Å². The number of methoxy groups -OCH3 is 2. The maximum absolute atomic E-state index is 12.4. The van der Waals surface area contributed by atoms with Gasteiger partial charge in [-0.05, 0) is 18.6 Å². The maximum atomic E-state index is 12.4. The number of carbonyl (C=O) groups is 3. The normalized spacial score (nSPS) is 12.9. The zero-order valence-corrected chi connectivity index (χ0v) is 14.3. The number of esters is 2. The molecule has 1 amide bonds. The minimum absolute atomic E-state index is 0.0681. The van der Waals surface area contributed by atoms with E-state index in [1.165, 1.54) is 14.2 Å². The van der Waals surface area contributed by atoms with Gasteiger partial charge in [0, 0.05) is 5.39 Å². The highest BCUT2D eigenvalue weighted by Crippen LogP contribution is 2.13. The van der Waals surface area contributed by atoms with E-state index in [2.05, 4.69) is 15.0 Å². The second-order valence-electron chi connectivity index (χ2n) is 5.60. The summed E-state index contributed by atoms with van der Waals surface area (Å²) in [5.74, 6) is -2.19. The van der Waals surface area contributed by atoms with Crippen molar-refractivity contribution in [3.8, 4) is 0 Å². The molecule has 0 spiro atoms. The lowest BCUT2D eigenvalue weighted by Gasteiger charge is -2.19. The molecule has 2 rings (SSSR count). The molecule has 25 heavy (non-hydrogen) atoms. The molecule has 2 aromatic rings. The number of hydrogen-bond donors (Lipinski definition) is 1. The standard InChI is InChI=1S/C18H20N2O5/c1-11(17(22)24-2)10-15(18(23)25-3)20-16(21)14-9-8-12-6-4-5-7-13(12)19-14/h4-9,11,15H,10H2,1-3H3,(H,20,21)/t11-,15+/m1/s1. The van der Waals surface area contributed by atoms with Gasteiger partial charge in [-0.1, -0.05) is 31.2 Å². The van der Waals surface area contributed by atoms with Crippen LogP contribution in [-0.4, -0.2) is 43.1 Å². The van der Waals surface area contributed by atoms with Crippen molar-refractivity contribution >= 4 is 28.7 Å². The van der Waals surface area contributed by atoms with Crippen LogP contribution in [0.3, 0.4) is 0 Å². The van der Waals surface area contributed by atoms with E-state index in [1.54, 1.807) is 25.1 Å². The highest BCUT2D eigenvalue weighted by Gasteiger charge is 2.28. The highest BCUT2D eigenvalue weighted by molar-refractivity contribution is 5.97. The first-order chi connectivity index (χ1) is 12.0. The molecule has 1 aromatic heterocycles. The molecule has 2 atom stereocenters. The summed E-state index contributed by atoms with van der Waals surface area (Å²) in [6, 6.07) is 9.77. The number of para-hydroxylation sites is 1. The summed E-state index contributed by atoms with van der Waals surface area (Å²) in [4.78, 5) is 40.2. The Balaban J connectivity index is 2.17. The molecule has 1 aromatic carbocycles. The van der Waals surface area contributed by atoms with Crippen molar-refractivity contribution in [2.45, 2.75) is 19.4 Å². The SMILES string of the molecule is COC(=O)[C@H](C)C[C@H](NC(=O)c1ccc2ccccc2n1)C(=O)OC. The molecule has 0 unspecified atom stereocenters. The molecule has 0 fully saturated rings. The lowest BCUT2D eigenvalue weighted by molar-refractivity contribution is -0.147. The van der Waals surface area contributed by atoms with Crippen LogP contribution in [0.1, 0.15) is 23.8 Å². The summed E-state index contributed by atoms with van der Waals surface area (Å²) < 4.78 is 9.36. The van der Waals surface area contributed by atoms with Crippen molar-refractivity contribution in [2.24, 2.45) is 5.92 Å². The van der Waals surface area contributed by atoms with Crippen LogP contribution in [0.4, 0.5) is 0 Å². The Morgan fingerprint density at radius 2 is 1.72 bits per heavy atom. The van der Waals surface area contributed by atoms with Crippen molar-refractivity contribution in [2.75, 3.05) is 14.2 Å². The fourth-order valence-electron chi connectivity index (χ4n) is 2.43. The molecule has 7 nitrogen and oxygen atoms in total. The minimum Gasteiger partial charge on any atom is -0.469 e. The van der Waals surface area contributed by atoms with Gasteiger partial charge in [-0.15, -0.1) is 0 Å². The van der Waals surface area contributed by atoms with Gasteiger partial charge in [0.2, 0.25) is 0 Å². The number of fused-ring (bicyclic) bond motifs is 1. The molecule has 0 radical (unpaired) electrons. The van der Waals surface area contributed by atoms with Gasteiger partial charge in [0.25, 0.3) is 5.91 Å². The van der Waals surface area contributed by atoms with Crippen LogP contribution in [0.15, 0.2) is 36.4 Å². The molecule has 0 aliphatic rings. The van der Waals surface area contributed by atoms with E-state index in [0.29, 0.717) is 5.52 Å². The molecule has 1 N–H and O–H groups in total. The largest absolute Gasteiger partial charge is 0.469 e. The Labute approximate surface area is 145 Å². The Morgan fingerprint density at radius 3 is 2.40 bits per heavy atom. The predicted molar refractivity (Wildman–Crippen MR) is 90.8 cm³/mol. The van der Waals surface area contributed by atoms with Gasteiger partial charge in [-0.25, -0.2) is 9.78 Å². The van der Waals surface area contributed by atoms with Gasteiger partial charge in [0.1, 0.15) is 11.7 Å². The number of rotatable bonds is 6. The number of nitrogens with zero attached hydrogens (tertiary/aromatic N) is 1. The number of nitrogens with one attached hydrogen (secondary N) is 1. The average Bonchev–Trinajstić information content (AvgIpc) is 2.65. The zero-order chi connectivity index (χ0) is 18.4. The second-order valence-corrected chi connectivity index (χ2v) is 5.60. The number of benzene rings is 1. The molecule has 0 saturated carbocycles. The topological polar surface area (TPSA) is 94.6 Å². The smallest absolute Gasteiger partial charge is 0.328 e. The molecule has 7 heteroatoms. The number of aromatic nitrogens is 1. The molecule has 132 valence electrons. The van der Waals surface area contributed by atoms with Crippen molar-refractivity contribution in [1.82, 2.24) is 10.3 Å². The van der Waals surface area contributed by atoms with E-state index < -0.39 is 29.8 Å². The third kappa shape index (κ3) is 4.53. The van der Waals surface area contributed by atoms with E-state index in [9.17, 15) is 14.4 Å². The molecule has 1 heterocycles. The van der Waals surface area contributed by atoms with Crippen LogP contribution in [0.25, 0.3) is 10.9 Å². The highest BCUT2D eigenvalue weighted by atomic mass is 16.5. The molecule has 0 saturated heterocycles. The lowest BCUT2D eigenvalue weighted by atomic mass is 10.0. The summed E-state index contributed by atoms with van der Waals surface area (Å²) in [6.45, 7) is 1.61. The fourth-order valence-corrected chi connectivity index (χ4v) is 2.43. The summed E-state index contributed by atoms with van der Waals surface area (Å²) in [5.41, 5.74) is 0.853. The molecule has 0 aliphatic carbocycles. The van der Waals surface area contributed by atoms with Crippen LogP contribution in [-0.2, 0) is 19.1 Å². The summed E-state index contributed by atoms with van der Waals surface area (Å²) in [7, 11) is 2.49. The lowest BCUT2D eigenvalue weighted by Crippen LogP contribution is -2.43. The van der Waals surface area contributed by atoms with Gasteiger partial charge in [-0.3, -0.25) is 9.59 Å². The minimum atomic E-state index is -0.972. The van der Waals surface area contributed by atoms with E-state index in [4.69, 9.17) is 4.74 Å². The van der Waals surface area contributed by atoms with Gasteiger partial charge in [-0.2, -0.15) is 0 Å². The van der Waals surface area contributed by atoms with Gasteiger partial charge >= 0.3 is 11.9 Å². The molecule has 0 bridgehead atoms. The van der Waals surface area contributed by atoms with Crippen LogP contribution >= 0.6 is 0 Å². The molecule has 0 aliphatic heterocycles. The molecular formula is C18H20N2O5. The van der Waals surface area contributed by atoms with E-state index in [-0.39, 0.29) is 12.1 Å². The third-order valence-electron chi connectivity index (χ3n) is 3.81. The Bertz CT molecular complexity index is 790. The Hall–Kier alpha value is -2.96. The Morgan fingerprint density at radius 1 is 1.04 bits per heavy atom. The van der Waals surface area contributed by atoms with Crippen LogP contribution in [0.5, 0.6) is 0 Å². The van der Waals surface area contributed by atoms with Gasteiger partial charge in [0.15, 0.2) is 0 Å². The Kier molecular flexibility index (Phi) is 6.05. The van der Waals surface area contributed by atoms with Crippen LogP contribution in [0, 0.1) is 5.92 Å². The summed E-state index contributed by atoms with van der Waals surface area (Å²) in [5, 5.41) is 3.48. The van der Waals surface area contributed by atoms with Gasteiger partial charge in [0.05, 0.1) is 25.7 Å². The number of ether oxygens (including phenoxy) is 2. The van der Waals surface area contributed by atoms with E-state index in [1.807, 2.05) is 18.2 Å². The number of pyridine rings is 1. The quantitative estimate of drug-likeness (QED) is 0.802. The average molecular weight is 344 g/mol. The number of hydrogen-bond acceptors (Lipinski definition) is 6. The monoisotopic (exact) mass is 344 g/mol. The first-order valence-corrected chi connectivity index (χ1v) is 7.78. The van der Waals surface area contributed by atoms with E-state index in [0.717, 1.165) is 5.39 Å². The maximum Gasteiger partial charge on any atom is 0.328 e. The second kappa shape index (κ2) is 8.23. The first kappa shape index (κ1) is 18.4. The molecular weight excluding hydrogens is 324 g/mol. The number of amides is 1. The van der Waals surface area contributed by atoms with Crippen molar-refractivity contribution in [1.29, 1.82) is 0 Å². The first-order valence-electron chi connectivity index (χ1n) is 7.78. The number of carbonyl (C=O) groups excluding carboxylic acids is 3. The zero-order valence-electron chi connectivity index (χ0n) is 14.3. The third-order valence-corrected chi connectivity index (χ3v) is 3.81. The van der Waals surface area contributed by atoms with Crippen molar-refractivity contribution in [3.63, 3.8) is 0 Å². The van der Waals surface area contributed by atoms with Crippen molar-refractivity contribution < 1.29 is 23.9 Å².